The molecule has 6 nitrogen and oxygen atoms in total. The average Bonchev–Trinajstić information content (AvgIpc) is 2.59. The van der Waals surface area contributed by atoms with Crippen molar-refractivity contribution in [3.63, 3.8) is 0 Å². The van der Waals surface area contributed by atoms with Crippen molar-refractivity contribution in [1.29, 1.82) is 0 Å². The molecule has 0 aromatic heterocycles. The number of aliphatic imine (C=N–C) groups is 1. The minimum absolute atomic E-state index is 0.214. The van der Waals surface area contributed by atoms with Crippen LogP contribution in [0, 0.1) is 0 Å². The number of hydrogen-bond donors (Lipinski definition) is 2. The van der Waals surface area contributed by atoms with Crippen LogP contribution in [-0.2, 0) is 22.6 Å². The number of benzene rings is 1. The van der Waals surface area contributed by atoms with Gasteiger partial charge >= 0.3 is 0 Å². The number of ether oxygens (including phenoxy) is 2. The van der Waals surface area contributed by atoms with Gasteiger partial charge in [-0.05, 0) is 25.0 Å². The predicted molar refractivity (Wildman–Crippen MR) is 102 cm³/mol. The molecule has 1 fully saturated rings. The molecule has 2 unspecified atom stereocenters. The van der Waals surface area contributed by atoms with E-state index in [1.807, 2.05) is 0 Å². The van der Waals surface area contributed by atoms with E-state index in [0.717, 1.165) is 38.7 Å². The van der Waals surface area contributed by atoms with E-state index in [-0.39, 0.29) is 6.04 Å². The highest BCUT2D eigenvalue weighted by atomic mass is 16.5. The molecule has 0 aliphatic carbocycles. The summed E-state index contributed by atoms with van der Waals surface area (Å²) in [6.07, 6.45) is 0.321. The monoisotopic (exact) mass is 348 g/mol. The Labute approximate surface area is 151 Å². The molecule has 25 heavy (non-hydrogen) atoms. The SMILES string of the molecule is CN=C(NCc1cccc(CN2CCOC(C)C2)c1)NC(C)COC. The van der Waals surface area contributed by atoms with Crippen molar-refractivity contribution in [1.82, 2.24) is 15.5 Å². The number of guanidine groups is 1. The Kier molecular flexibility index (Phi) is 8.18. The molecular weight excluding hydrogens is 316 g/mol. The van der Waals surface area contributed by atoms with Crippen LogP contribution >= 0.6 is 0 Å². The first-order valence-electron chi connectivity index (χ1n) is 8.98. The number of hydrogen-bond acceptors (Lipinski definition) is 4. The van der Waals surface area contributed by atoms with Gasteiger partial charge in [0.25, 0.3) is 0 Å². The van der Waals surface area contributed by atoms with Crippen molar-refractivity contribution in [2.45, 2.75) is 39.1 Å². The number of rotatable bonds is 7. The summed E-state index contributed by atoms with van der Waals surface area (Å²) in [7, 11) is 3.49. The van der Waals surface area contributed by atoms with E-state index in [1.165, 1.54) is 11.1 Å². The third-order valence-electron chi connectivity index (χ3n) is 4.21. The third-order valence-corrected chi connectivity index (χ3v) is 4.21. The maximum atomic E-state index is 5.61. The lowest BCUT2D eigenvalue weighted by Gasteiger charge is -2.31. The van der Waals surface area contributed by atoms with Gasteiger partial charge in [0, 0.05) is 46.4 Å². The maximum Gasteiger partial charge on any atom is 0.191 e. The van der Waals surface area contributed by atoms with Crippen LogP contribution < -0.4 is 10.6 Å². The van der Waals surface area contributed by atoms with Gasteiger partial charge in [0.15, 0.2) is 5.96 Å². The van der Waals surface area contributed by atoms with Crippen molar-refractivity contribution in [2.75, 3.05) is 40.5 Å². The molecule has 2 atom stereocenters. The molecular formula is C19H32N4O2. The summed E-state index contributed by atoms with van der Waals surface area (Å²) in [4.78, 5) is 6.72. The van der Waals surface area contributed by atoms with E-state index in [1.54, 1.807) is 14.2 Å². The normalized spacial score (nSPS) is 20.3. The highest BCUT2D eigenvalue weighted by Crippen LogP contribution is 2.12. The molecule has 1 aliphatic rings. The van der Waals surface area contributed by atoms with Gasteiger partial charge in [-0.25, -0.2) is 0 Å². The molecule has 140 valence electrons. The summed E-state index contributed by atoms with van der Waals surface area (Å²) in [6.45, 7) is 9.39. The predicted octanol–water partition coefficient (Wildman–Crippen LogP) is 1.61. The summed E-state index contributed by atoms with van der Waals surface area (Å²) in [6, 6.07) is 8.94. The lowest BCUT2D eigenvalue weighted by Crippen LogP contribution is -2.43. The molecule has 6 heteroatoms. The molecule has 1 aromatic rings. The van der Waals surface area contributed by atoms with Crippen LogP contribution in [0.5, 0.6) is 0 Å². The molecule has 0 saturated carbocycles. The third kappa shape index (κ3) is 7.02. The number of nitrogens with one attached hydrogen (secondary N) is 2. The lowest BCUT2D eigenvalue weighted by molar-refractivity contribution is -0.0212. The minimum atomic E-state index is 0.214. The minimum Gasteiger partial charge on any atom is -0.383 e. The maximum absolute atomic E-state index is 5.61. The Hall–Kier alpha value is -1.63. The molecule has 0 amide bonds. The number of methoxy groups -OCH3 is 1. The quantitative estimate of drug-likeness (QED) is 0.579. The first-order chi connectivity index (χ1) is 12.1. The van der Waals surface area contributed by atoms with Crippen LogP contribution in [0.25, 0.3) is 0 Å². The van der Waals surface area contributed by atoms with E-state index >= 15 is 0 Å². The van der Waals surface area contributed by atoms with Crippen molar-refractivity contribution < 1.29 is 9.47 Å². The van der Waals surface area contributed by atoms with E-state index in [9.17, 15) is 0 Å². The fraction of sp³-hybridized carbons (Fsp3) is 0.632. The van der Waals surface area contributed by atoms with Gasteiger partial charge in [-0.1, -0.05) is 24.3 Å². The van der Waals surface area contributed by atoms with Gasteiger partial charge in [0.1, 0.15) is 0 Å². The van der Waals surface area contributed by atoms with E-state index in [4.69, 9.17) is 9.47 Å². The smallest absolute Gasteiger partial charge is 0.191 e. The Bertz CT molecular complexity index is 550. The fourth-order valence-electron chi connectivity index (χ4n) is 3.04. The molecule has 2 N–H and O–H groups in total. The summed E-state index contributed by atoms with van der Waals surface area (Å²) >= 11 is 0. The van der Waals surface area contributed by atoms with Crippen LogP contribution in [0.2, 0.25) is 0 Å². The van der Waals surface area contributed by atoms with Gasteiger partial charge in [-0.15, -0.1) is 0 Å². The van der Waals surface area contributed by atoms with Crippen LogP contribution in [-0.4, -0.2) is 63.5 Å². The molecule has 1 saturated heterocycles. The Morgan fingerprint density at radius 3 is 2.96 bits per heavy atom. The number of morpholine rings is 1. The molecule has 0 radical (unpaired) electrons. The standard InChI is InChI=1S/C19H32N4O2/c1-15(14-24-4)22-19(20-3)21-11-17-6-5-7-18(10-17)13-23-8-9-25-16(2)12-23/h5-7,10,15-16H,8-9,11-14H2,1-4H3,(H2,20,21,22). The zero-order valence-electron chi connectivity index (χ0n) is 15.9. The fourth-order valence-corrected chi connectivity index (χ4v) is 3.04. The van der Waals surface area contributed by atoms with Crippen LogP contribution in [0.15, 0.2) is 29.3 Å². The second-order valence-electron chi connectivity index (χ2n) is 6.66. The van der Waals surface area contributed by atoms with Crippen LogP contribution in [0.1, 0.15) is 25.0 Å². The lowest BCUT2D eigenvalue weighted by atomic mass is 10.1. The van der Waals surface area contributed by atoms with Gasteiger partial charge in [0.05, 0.1) is 19.3 Å². The molecule has 1 heterocycles. The second-order valence-corrected chi connectivity index (χ2v) is 6.66. The topological polar surface area (TPSA) is 58.1 Å². The van der Waals surface area contributed by atoms with Crippen LogP contribution in [0.4, 0.5) is 0 Å². The van der Waals surface area contributed by atoms with Gasteiger partial charge in [-0.2, -0.15) is 0 Å². The summed E-state index contributed by atoms with van der Waals surface area (Å²) < 4.78 is 10.8. The van der Waals surface area contributed by atoms with Gasteiger partial charge in [0.2, 0.25) is 0 Å². The number of nitrogens with zero attached hydrogens (tertiary/aromatic N) is 2. The summed E-state index contributed by atoms with van der Waals surface area (Å²) in [5.41, 5.74) is 2.59. The second kappa shape index (κ2) is 10.4. The molecule has 0 spiro atoms. The molecule has 2 rings (SSSR count). The van der Waals surface area contributed by atoms with Crippen LogP contribution in [0.3, 0.4) is 0 Å². The summed E-state index contributed by atoms with van der Waals surface area (Å²) in [5, 5.41) is 6.68. The highest BCUT2D eigenvalue weighted by molar-refractivity contribution is 5.79. The molecule has 1 aliphatic heterocycles. The Morgan fingerprint density at radius 1 is 1.44 bits per heavy atom. The van der Waals surface area contributed by atoms with Crippen molar-refractivity contribution >= 4 is 5.96 Å². The van der Waals surface area contributed by atoms with Crippen molar-refractivity contribution in [3.05, 3.63) is 35.4 Å². The van der Waals surface area contributed by atoms with Crippen molar-refractivity contribution in [3.8, 4) is 0 Å². The largest absolute Gasteiger partial charge is 0.383 e. The zero-order valence-corrected chi connectivity index (χ0v) is 15.9. The Morgan fingerprint density at radius 2 is 2.24 bits per heavy atom. The molecule has 0 bridgehead atoms. The Balaban J connectivity index is 1.85. The first-order valence-corrected chi connectivity index (χ1v) is 8.98. The van der Waals surface area contributed by atoms with E-state index < -0.39 is 0 Å². The van der Waals surface area contributed by atoms with Gasteiger partial charge in [-0.3, -0.25) is 9.89 Å². The summed E-state index contributed by atoms with van der Waals surface area (Å²) in [5.74, 6) is 0.789. The van der Waals surface area contributed by atoms with E-state index in [0.29, 0.717) is 12.7 Å². The first kappa shape index (κ1) is 19.7. The van der Waals surface area contributed by atoms with Gasteiger partial charge < -0.3 is 20.1 Å². The molecule has 1 aromatic carbocycles. The average molecular weight is 348 g/mol. The zero-order chi connectivity index (χ0) is 18.1. The van der Waals surface area contributed by atoms with Crippen molar-refractivity contribution in [2.24, 2.45) is 4.99 Å². The van der Waals surface area contributed by atoms with E-state index in [2.05, 4.69) is 58.6 Å². The highest BCUT2D eigenvalue weighted by Gasteiger charge is 2.16.